The van der Waals surface area contributed by atoms with Crippen molar-refractivity contribution in [1.82, 2.24) is 19.4 Å². The number of nitrogens with zero attached hydrogens (tertiary/aromatic N) is 4. The van der Waals surface area contributed by atoms with E-state index in [1.165, 1.54) is 4.90 Å². The van der Waals surface area contributed by atoms with Crippen molar-refractivity contribution in [3.8, 4) is 11.4 Å². The molecule has 2 heterocycles. The maximum absolute atomic E-state index is 13.1. The largest absolute Gasteiger partial charge is 0.327 e. The number of nitrogens with one attached hydrogen (secondary N) is 1. The fraction of sp³-hybridized carbons (Fsp3) is 0.360. The molecule has 2 aromatic carbocycles. The van der Waals surface area contributed by atoms with Crippen molar-refractivity contribution in [1.29, 1.82) is 0 Å². The first-order valence-corrected chi connectivity index (χ1v) is 11.3. The molecule has 1 N–H and O–H groups in total. The second kappa shape index (κ2) is 8.03. The number of aryl methyl sites for hydroxylation is 1. The van der Waals surface area contributed by atoms with E-state index in [0.717, 1.165) is 46.6 Å². The Morgan fingerprint density at radius 2 is 1.70 bits per heavy atom. The van der Waals surface area contributed by atoms with Gasteiger partial charge in [-0.05, 0) is 49.2 Å². The Labute approximate surface area is 192 Å². The van der Waals surface area contributed by atoms with Gasteiger partial charge in [0.2, 0.25) is 5.91 Å². The number of hydrogen-bond acceptors (Lipinski definition) is 4. The number of anilines is 1. The third kappa shape index (κ3) is 3.46. The number of amides is 4. The van der Waals surface area contributed by atoms with Gasteiger partial charge in [0, 0.05) is 25.3 Å². The highest BCUT2D eigenvalue weighted by Gasteiger charge is 2.55. The van der Waals surface area contributed by atoms with Crippen molar-refractivity contribution >= 4 is 34.6 Å². The fourth-order valence-corrected chi connectivity index (χ4v) is 5.12. The molecule has 8 nitrogen and oxygen atoms in total. The smallest absolute Gasteiger partial charge is 0.327 e. The lowest BCUT2D eigenvalue weighted by molar-refractivity contribution is -0.136. The van der Waals surface area contributed by atoms with Crippen LogP contribution in [0.5, 0.6) is 0 Å². The molecule has 170 valence electrons. The number of carbonyl (C=O) groups is 3. The first-order chi connectivity index (χ1) is 15.9. The van der Waals surface area contributed by atoms with Crippen LogP contribution in [0.25, 0.3) is 22.4 Å². The molecule has 0 bridgehead atoms. The van der Waals surface area contributed by atoms with Crippen molar-refractivity contribution in [3.63, 3.8) is 0 Å². The van der Waals surface area contributed by atoms with Gasteiger partial charge < -0.3 is 14.8 Å². The Morgan fingerprint density at radius 3 is 2.39 bits per heavy atom. The molecule has 0 radical (unpaired) electrons. The molecule has 5 rings (SSSR count). The van der Waals surface area contributed by atoms with Crippen LogP contribution in [0.2, 0.25) is 0 Å². The van der Waals surface area contributed by atoms with Crippen molar-refractivity contribution in [2.45, 2.75) is 37.6 Å². The minimum atomic E-state index is -0.775. The molecule has 0 unspecified atom stereocenters. The van der Waals surface area contributed by atoms with Crippen LogP contribution >= 0.6 is 0 Å². The molecule has 8 heteroatoms. The summed E-state index contributed by atoms with van der Waals surface area (Å²) in [6.07, 6.45) is 4.23. The van der Waals surface area contributed by atoms with E-state index in [2.05, 4.69) is 5.32 Å². The quantitative estimate of drug-likeness (QED) is 0.619. The van der Waals surface area contributed by atoms with E-state index >= 15 is 0 Å². The van der Waals surface area contributed by atoms with Crippen molar-refractivity contribution < 1.29 is 14.4 Å². The van der Waals surface area contributed by atoms with Gasteiger partial charge >= 0.3 is 6.03 Å². The molecule has 2 aliphatic rings. The number of fused-ring (bicyclic) bond motifs is 1. The number of aromatic nitrogens is 2. The monoisotopic (exact) mass is 445 g/mol. The molecular weight excluding hydrogens is 418 g/mol. The molecule has 33 heavy (non-hydrogen) atoms. The Kier molecular flexibility index (Phi) is 5.15. The number of rotatable bonds is 4. The highest BCUT2D eigenvalue weighted by Crippen LogP contribution is 2.39. The topological polar surface area (TPSA) is 87.5 Å². The zero-order valence-corrected chi connectivity index (χ0v) is 18.9. The van der Waals surface area contributed by atoms with Crippen molar-refractivity contribution in [2.75, 3.05) is 18.9 Å². The molecule has 1 saturated carbocycles. The summed E-state index contributed by atoms with van der Waals surface area (Å²) in [7, 11) is 3.64. The second-order valence-corrected chi connectivity index (χ2v) is 8.93. The van der Waals surface area contributed by atoms with Crippen LogP contribution < -0.4 is 5.32 Å². The molecule has 1 aliphatic heterocycles. The Bertz CT molecular complexity index is 1240. The summed E-state index contributed by atoms with van der Waals surface area (Å²) in [5.41, 5.74) is 2.72. The molecule has 0 atom stereocenters. The number of urea groups is 1. The number of para-hydroxylation sites is 2. The number of imidazole rings is 1. The number of benzene rings is 2. The van der Waals surface area contributed by atoms with Crippen LogP contribution in [0.3, 0.4) is 0 Å². The minimum absolute atomic E-state index is 0.248. The Hall–Kier alpha value is -3.68. The van der Waals surface area contributed by atoms with E-state index in [4.69, 9.17) is 4.98 Å². The zero-order chi connectivity index (χ0) is 23.2. The standard InChI is InChI=1S/C25H27N5O3/c1-28-20-9-5-4-8-19(20)27-22(28)17-10-12-18(13-11-17)26-21(31)16-30-23(32)25(29(2)24(30)33)14-6-3-7-15-25/h4-5,8-13H,3,6-7,14-16H2,1-2H3,(H,26,31). The van der Waals surface area contributed by atoms with E-state index < -0.39 is 17.5 Å². The maximum atomic E-state index is 13.1. The lowest BCUT2D eigenvalue weighted by Gasteiger charge is -2.35. The molecule has 3 aromatic rings. The van der Waals surface area contributed by atoms with Gasteiger partial charge in [0.15, 0.2) is 0 Å². The van der Waals surface area contributed by atoms with E-state index in [1.54, 1.807) is 19.2 Å². The summed E-state index contributed by atoms with van der Waals surface area (Å²) in [6, 6.07) is 14.9. The average molecular weight is 446 g/mol. The van der Waals surface area contributed by atoms with Gasteiger partial charge in [-0.25, -0.2) is 9.78 Å². The number of imide groups is 1. The Balaban J connectivity index is 1.28. The third-order valence-electron chi connectivity index (χ3n) is 7.00. The van der Waals surface area contributed by atoms with E-state index in [1.807, 2.05) is 48.0 Å². The third-order valence-corrected chi connectivity index (χ3v) is 7.00. The maximum Gasteiger partial charge on any atom is 0.327 e. The molecule has 1 aliphatic carbocycles. The van der Waals surface area contributed by atoms with Gasteiger partial charge in [0.05, 0.1) is 11.0 Å². The second-order valence-electron chi connectivity index (χ2n) is 8.93. The zero-order valence-electron chi connectivity index (χ0n) is 18.9. The summed E-state index contributed by atoms with van der Waals surface area (Å²) in [4.78, 5) is 45.8. The van der Waals surface area contributed by atoms with Gasteiger partial charge in [0.25, 0.3) is 5.91 Å². The van der Waals surface area contributed by atoms with Crippen molar-refractivity contribution in [2.24, 2.45) is 7.05 Å². The highest BCUT2D eigenvalue weighted by molar-refractivity contribution is 6.10. The SMILES string of the molecule is CN1C(=O)N(CC(=O)Nc2ccc(-c3nc4ccccc4n3C)cc2)C(=O)C12CCCCC2. The normalized spacial score (nSPS) is 17.9. The van der Waals surface area contributed by atoms with Gasteiger partial charge in [-0.1, -0.05) is 31.4 Å². The van der Waals surface area contributed by atoms with E-state index in [-0.39, 0.29) is 12.5 Å². The molecule has 1 spiro atoms. The van der Waals surface area contributed by atoms with Gasteiger partial charge in [-0.3, -0.25) is 14.5 Å². The summed E-state index contributed by atoms with van der Waals surface area (Å²) < 4.78 is 2.03. The highest BCUT2D eigenvalue weighted by atomic mass is 16.2. The predicted octanol–water partition coefficient (Wildman–Crippen LogP) is 3.78. The van der Waals surface area contributed by atoms with Crippen LogP contribution in [0, 0.1) is 0 Å². The van der Waals surface area contributed by atoms with Gasteiger partial charge in [0.1, 0.15) is 17.9 Å². The lowest BCUT2D eigenvalue weighted by Crippen LogP contribution is -2.49. The first-order valence-electron chi connectivity index (χ1n) is 11.3. The van der Waals surface area contributed by atoms with E-state index in [0.29, 0.717) is 18.5 Å². The average Bonchev–Trinajstić information content (AvgIpc) is 3.25. The summed E-state index contributed by atoms with van der Waals surface area (Å²) in [5.74, 6) is 0.193. The molecule has 1 saturated heterocycles. The summed E-state index contributed by atoms with van der Waals surface area (Å²) in [5, 5.41) is 2.81. The number of likely N-dealkylation sites (N-methyl/N-ethyl adjacent to an activating group) is 1. The van der Waals surface area contributed by atoms with Crippen LogP contribution in [0.4, 0.5) is 10.5 Å². The van der Waals surface area contributed by atoms with Crippen LogP contribution in [0.15, 0.2) is 48.5 Å². The first kappa shape index (κ1) is 21.2. The van der Waals surface area contributed by atoms with Gasteiger partial charge in [-0.2, -0.15) is 0 Å². The number of hydrogen-bond donors (Lipinski definition) is 1. The van der Waals surface area contributed by atoms with Crippen LogP contribution in [-0.2, 0) is 16.6 Å². The molecule has 4 amide bonds. The van der Waals surface area contributed by atoms with E-state index in [9.17, 15) is 14.4 Å². The van der Waals surface area contributed by atoms with Gasteiger partial charge in [-0.15, -0.1) is 0 Å². The predicted molar refractivity (Wildman–Crippen MR) is 125 cm³/mol. The fourth-order valence-electron chi connectivity index (χ4n) is 5.12. The summed E-state index contributed by atoms with van der Waals surface area (Å²) in [6.45, 7) is -0.281. The Morgan fingerprint density at radius 1 is 1.00 bits per heavy atom. The summed E-state index contributed by atoms with van der Waals surface area (Å²) >= 11 is 0. The number of carbonyl (C=O) groups excluding carboxylic acids is 3. The molecule has 1 aromatic heterocycles. The van der Waals surface area contributed by atoms with Crippen LogP contribution in [-0.4, -0.2) is 56.3 Å². The van der Waals surface area contributed by atoms with Crippen LogP contribution in [0.1, 0.15) is 32.1 Å². The van der Waals surface area contributed by atoms with Crippen molar-refractivity contribution in [3.05, 3.63) is 48.5 Å². The molecule has 2 fully saturated rings. The minimum Gasteiger partial charge on any atom is -0.327 e. The lowest BCUT2D eigenvalue weighted by atomic mass is 9.81. The molecular formula is C25H27N5O3.